The van der Waals surface area contributed by atoms with Crippen LogP contribution in [0.5, 0.6) is 0 Å². The molecule has 3 rings (SSSR count). The highest BCUT2D eigenvalue weighted by molar-refractivity contribution is 6.01. The van der Waals surface area contributed by atoms with Gasteiger partial charge in [0.05, 0.1) is 17.6 Å². The lowest BCUT2D eigenvalue weighted by atomic mass is 10.1. The topological polar surface area (TPSA) is 90.0 Å². The molecule has 0 aliphatic carbocycles. The summed E-state index contributed by atoms with van der Waals surface area (Å²) in [6.07, 6.45) is -0.283. The number of esters is 2. The van der Waals surface area contributed by atoms with E-state index in [0.29, 0.717) is 11.3 Å². The number of anilines is 1. The molecule has 0 spiro atoms. The van der Waals surface area contributed by atoms with Gasteiger partial charge in [0.15, 0.2) is 12.4 Å². The molecule has 0 saturated carbocycles. The molecule has 2 aromatic rings. The molecule has 1 amide bonds. The summed E-state index contributed by atoms with van der Waals surface area (Å²) in [6.45, 7) is 3.13. The Morgan fingerprint density at radius 3 is 2.26 bits per heavy atom. The van der Waals surface area contributed by atoms with Gasteiger partial charge in [-0.05, 0) is 62.4 Å². The minimum atomic E-state index is -0.709. The number of carbonyl (C=O) groups is 4. The average Bonchev–Trinajstić information content (AvgIpc) is 3.13. The number of carbonyl (C=O) groups excluding carboxylic acids is 4. The van der Waals surface area contributed by atoms with Crippen molar-refractivity contribution in [1.29, 1.82) is 0 Å². The van der Waals surface area contributed by atoms with Gasteiger partial charge in [0.25, 0.3) is 0 Å². The van der Waals surface area contributed by atoms with Crippen LogP contribution in [0.4, 0.5) is 10.1 Å². The number of ketones is 1. The Bertz CT molecular complexity index is 984. The van der Waals surface area contributed by atoms with Crippen LogP contribution in [0.25, 0.3) is 0 Å². The van der Waals surface area contributed by atoms with Crippen LogP contribution in [0.3, 0.4) is 0 Å². The molecule has 0 radical (unpaired) electrons. The van der Waals surface area contributed by atoms with E-state index in [-0.39, 0.29) is 30.5 Å². The predicted molar refractivity (Wildman–Crippen MR) is 109 cm³/mol. The minimum Gasteiger partial charge on any atom is -0.459 e. The molecule has 2 aromatic carbocycles. The van der Waals surface area contributed by atoms with Crippen molar-refractivity contribution in [3.8, 4) is 0 Å². The number of nitrogens with zero attached hydrogens (tertiary/aromatic N) is 1. The standard InChI is InChI=1S/C23H22FNO6/c1-14(2)31-23(29)16-5-9-19(10-6-16)25-12-17(11-21(25)27)22(28)30-13-20(26)15-3-7-18(24)8-4-15/h3-10,14,17H,11-13H2,1-2H3. The van der Waals surface area contributed by atoms with Gasteiger partial charge >= 0.3 is 11.9 Å². The van der Waals surface area contributed by atoms with E-state index < -0.39 is 36.1 Å². The molecule has 0 aromatic heterocycles. The third kappa shape index (κ3) is 5.53. The molecule has 1 unspecified atom stereocenters. The van der Waals surface area contributed by atoms with Crippen molar-refractivity contribution in [1.82, 2.24) is 0 Å². The molecule has 8 heteroatoms. The van der Waals surface area contributed by atoms with Crippen LogP contribution in [0.2, 0.25) is 0 Å². The molecule has 1 fully saturated rings. The Morgan fingerprint density at radius 1 is 1.03 bits per heavy atom. The fourth-order valence-electron chi connectivity index (χ4n) is 3.15. The van der Waals surface area contributed by atoms with Crippen molar-refractivity contribution in [3.63, 3.8) is 0 Å². The van der Waals surface area contributed by atoms with Crippen LogP contribution in [0.15, 0.2) is 48.5 Å². The highest BCUT2D eigenvalue weighted by atomic mass is 19.1. The third-order valence-electron chi connectivity index (χ3n) is 4.73. The van der Waals surface area contributed by atoms with Crippen LogP contribution < -0.4 is 4.90 Å². The number of rotatable bonds is 7. The van der Waals surface area contributed by atoms with Crippen molar-refractivity contribution < 1.29 is 33.0 Å². The quantitative estimate of drug-likeness (QED) is 0.498. The first-order valence-electron chi connectivity index (χ1n) is 9.81. The van der Waals surface area contributed by atoms with Crippen molar-refractivity contribution in [3.05, 3.63) is 65.5 Å². The van der Waals surface area contributed by atoms with Gasteiger partial charge in [-0.15, -0.1) is 0 Å². The zero-order valence-corrected chi connectivity index (χ0v) is 17.2. The number of hydrogen-bond donors (Lipinski definition) is 0. The van der Waals surface area contributed by atoms with E-state index in [9.17, 15) is 23.6 Å². The van der Waals surface area contributed by atoms with E-state index in [4.69, 9.17) is 9.47 Å². The van der Waals surface area contributed by atoms with Gasteiger partial charge in [0, 0.05) is 24.2 Å². The van der Waals surface area contributed by atoms with Gasteiger partial charge < -0.3 is 14.4 Å². The number of ether oxygens (including phenoxy) is 2. The Hall–Kier alpha value is -3.55. The highest BCUT2D eigenvalue weighted by Gasteiger charge is 2.36. The first kappa shape index (κ1) is 22.1. The van der Waals surface area contributed by atoms with Gasteiger partial charge in [-0.25, -0.2) is 9.18 Å². The zero-order valence-electron chi connectivity index (χ0n) is 17.2. The number of amides is 1. The summed E-state index contributed by atoms with van der Waals surface area (Å²) in [4.78, 5) is 50.1. The molecule has 0 bridgehead atoms. The summed E-state index contributed by atoms with van der Waals surface area (Å²) in [5.41, 5.74) is 1.14. The predicted octanol–water partition coefficient (Wildman–Crippen LogP) is 3.17. The zero-order chi connectivity index (χ0) is 22.5. The minimum absolute atomic E-state index is 0.0410. The lowest BCUT2D eigenvalue weighted by molar-refractivity contribution is -0.147. The van der Waals surface area contributed by atoms with Crippen molar-refractivity contribution in [2.45, 2.75) is 26.4 Å². The summed E-state index contributed by atoms with van der Waals surface area (Å²) >= 11 is 0. The summed E-state index contributed by atoms with van der Waals surface area (Å²) in [7, 11) is 0. The van der Waals surface area contributed by atoms with Gasteiger partial charge in [0.1, 0.15) is 5.82 Å². The Labute approximate surface area is 178 Å². The molecule has 7 nitrogen and oxygen atoms in total. The van der Waals surface area contributed by atoms with E-state index in [1.807, 2.05) is 0 Å². The Balaban J connectivity index is 1.56. The van der Waals surface area contributed by atoms with Crippen LogP contribution in [-0.4, -0.2) is 42.9 Å². The fourth-order valence-corrected chi connectivity index (χ4v) is 3.15. The third-order valence-corrected chi connectivity index (χ3v) is 4.73. The molecule has 1 saturated heterocycles. The Morgan fingerprint density at radius 2 is 1.65 bits per heavy atom. The maximum Gasteiger partial charge on any atom is 0.338 e. The molecule has 0 N–H and O–H groups in total. The van der Waals surface area contributed by atoms with Gasteiger partial charge in [-0.3, -0.25) is 14.4 Å². The number of hydrogen-bond acceptors (Lipinski definition) is 6. The molecule has 1 heterocycles. The summed E-state index contributed by atoms with van der Waals surface area (Å²) < 4.78 is 23.1. The average molecular weight is 427 g/mol. The van der Waals surface area contributed by atoms with E-state index >= 15 is 0 Å². The molecular weight excluding hydrogens is 405 g/mol. The molecule has 31 heavy (non-hydrogen) atoms. The van der Waals surface area contributed by atoms with Gasteiger partial charge in [-0.1, -0.05) is 0 Å². The Kier molecular flexibility index (Phi) is 6.79. The second-order valence-electron chi connectivity index (χ2n) is 7.44. The molecule has 1 aliphatic heterocycles. The number of benzene rings is 2. The maximum atomic E-state index is 12.9. The van der Waals surface area contributed by atoms with Crippen LogP contribution in [-0.2, 0) is 19.1 Å². The summed E-state index contributed by atoms with van der Waals surface area (Å²) in [5.74, 6) is -3.00. The second kappa shape index (κ2) is 9.51. The largest absolute Gasteiger partial charge is 0.459 e. The van der Waals surface area contributed by atoms with E-state index in [1.54, 1.807) is 38.1 Å². The van der Waals surface area contributed by atoms with E-state index in [1.165, 1.54) is 17.0 Å². The fraction of sp³-hybridized carbons (Fsp3) is 0.304. The lowest BCUT2D eigenvalue weighted by Gasteiger charge is -2.17. The summed E-state index contributed by atoms with van der Waals surface area (Å²) in [5, 5.41) is 0. The molecule has 162 valence electrons. The normalized spacial score (nSPS) is 15.8. The van der Waals surface area contributed by atoms with Crippen molar-refractivity contribution >= 4 is 29.3 Å². The second-order valence-corrected chi connectivity index (χ2v) is 7.44. The smallest absolute Gasteiger partial charge is 0.338 e. The van der Waals surface area contributed by atoms with Crippen molar-refractivity contribution in [2.24, 2.45) is 5.92 Å². The lowest BCUT2D eigenvalue weighted by Crippen LogP contribution is -2.27. The number of halogens is 1. The SMILES string of the molecule is CC(C)OC(=O)c1ccc(N2CC(C(=O)OCC(=O)c3ccc(F)cc3)CC2=O)cc1. The van der Waals surface area contributed by atoms with E-state index in [2.05, 4.69) is 0 Å². The summed E-state index contributed by atoms with van der Waals surface area (Å²) in [6, 6.07) is 11.3. The van der Waals surface area contributed by atoms with Crippen LogP contribution in [0.1, 0.15) is 41.0 Å². The first-order chi connectivity index (χ1) is 14.7. The maximum absolute atomic E-state index is 12.9. The number of Topliss-reactive ketones (excluding diaryl/α,β-unsaturated/α-hetero) is 1. The van der Waals surface area contributed by atoms with E-state index in [0.717, 1.165) is 12.1 Å². The highest BCUT2D eigenvalue weighted by Crippen LogP contribution is 2.26. The molecular formula is C23H22FNO6. The van der Waals surface area contributed by atoms with Gasteiger partial charge in [-0.2, -0.15) is 0 Å². The van der Waals surface area contributed by atoms with Crippen molar-refractivity contribution in [2.75, 3.05) is 18.1 Å². The van der Waals surface area contributed by atoms with Crippen LogP contribution in [0, 0.1) is 11.7 Å². The van der Waals surface area contributed by atoms with Crippen LogP contribution >= 0.6 is 0 Å². The monoisotopic (exact) mass is 427 g/mol. The first-order valence-corrected chi connectivity index (χ1v) is 9.81. The molecule has 1 aliphatic rings. The molecule has 1 atom stereocenters. The van der Waals surface area contributed by atoms with Gasteiger partial charge in [0.2, 0.25) is 5.91 Å².